The summed E-state index contributed by atoms with van der Waals surface area (Å²) in [5.41, 5.74) is 14.6. The van der Waals surface area contributed by atoms with Crippen molar-refractivity contribution in [1.29, 1.82) is 0 Å². The van der Waals surface area contributed by atoms with Crippen molar-refractivity contribution in [3.8, 4) is 0 Å². The number of hydrogen-bond acceptors (Lipinski definition) is 6. The lowest BCUT2D eigenvalue weighted by molar-refractivity contribution is 0.102. The predicted molar refractivity (Wildman–Crippen MR) is 122 cm³/mol. The monoisotopic (exact) mass is 424 g/mol. The van der Waals surface area contributed by atoms with Gasteiger partial charge in [0.25, 0.3) is 5.91 Å². The van der Waals surface area contributed by atoms with Crippen LogP contribution in [0, 0.1) is 6.92 Å². The van der Waals surface area contributed by atoms with Crippen molar-refractivity contribution in [3.63, 3.8) is 0 Å². The smallest absolute Gasteiger partial charge is 0.255 e. The van der Waals surface area contributed by atoms with E-state index in [1.165, 1.54) is 0 Å². The Kier molecular flexibility index (Phi) is 5.39. The summed E-state index contributed by atoms with van der Waals surface area (Å²) in [4.78, 5) is 23.7. The molecule has 1 fully saturated rings. The Morgan fingerprint density at radius 3 is 2.67 bits per heavy atom. The third-order valence-electron chi connectivity index (χ3n) is 5.67. The largest absolute Gasteiger partial charge is 0.369 e. The quantitative estimate of drug-likeness (QED) is 0.691. The number of aryl methyl sites for hydroxylation is 1. The Balaban J connectivity index is 1.66. The normalized spacial score (nSPS) is 18.0. The van der Waals surface area contributed by atoms with Crippen LogP contribution in [0.3, 0.4) is 0 Å². The first-order valence-electron chi connectivity index (χ1n) is 10.1. The second kappa shape index (κ2) is 7.99. The van der Waals surface area contributed by atoms with Crippen molar-refractivity contribution in [2.24, 2.45) is 21.5 Å². The van der Waals surface area contributed by atoms with Crippen LogP contribution in [0.4, 0.5) is 11.4 Å². The molecule has 1 heterocycles. The van der Waals surface area contributed by atoms with E-state index in [9.17, 15) is 4.79 Å². The van der Waals surface area contributed by atoms with Gasteiger partial charge >= 0.3 is 0 Å². The summed E-state index contributed by atoms with van der Waals surface area (Å²) in [7, 11) is 0. The number of guanidine groups is 2. The Morgan fingerprint density at radius 1 is 1.13 bits per heavy atom. The maximum atomic E-state index is 12.9. The molecule has 2 aliphatic rings. The van der Waals surface area contributed by atoms with Gasteiger partial charge in [0.2, 0.25) is 11.9 Å². The molecule has 156 valence electrons. The molecule has 0 unspecified atom stereocenters. The summed E-state index contributed by atoms with van der Waals surface area (Å²) in [6.45, 7) is 1.92. The molecule has 0 atom stereocenters. The molecule has 2 aromatic rings. The summed E-state index contributed by atoms with van der Waals surface area (Å²) in [6.07, 6.45) is 4.90. The van der Waals surface area contributed by atoms with Crippen LogP contribution in [-0.2, 0) is 0 Å². The Labute approximate surface area is 180 Å². The molecule has 0 bridgehead atoms. The number of benzene rings is 2. The Bertz CT molecular complexity index is 1040. The molecule has 4 rings (SSSR count). The fourth-order valence-electron chi connectivity index (χ4n) is 4.20. The van der Waals surface area contributed by atoms with E-state index < -0.39 is 5.66 Å². The average molecular weight is 425 g/mol. The minimum atomic E-state index is -0.549. The number of hydrogen-bond donors (Lipinski definition) is 3. The third-order valence-corrected chi connectivity index (χ3v) is 5.90. The van der Waals surface area contributed by atoms with Crippen molar-refractivity contribution < 1.29 is 4.79 Å². The molecule has 1 amide bonds. The number of nitrogens with one attached hydrogen (secondary N) is 1. The van der Waals surface area contributed by atoms with E-state index in [4.69, 9.17) is 23.1 Å². The second-order valence-corrected chi connectivity index (χ2v) is 8.22. The summed E-state index contributed by atoms with van der Waals surface area (Å²) in [6, 6.07) is 12.7. The van der Waals surface area contributed by atoms with E-state index in [1.807, 2.05) is 36.1 Å². The highest BCUT2D eigenvalue weighted by molar-refractivity contribution is 6.31. The van der Waals surface area contributed by atoms with Gasteiger partial charge in [-0.3, -0.25) is 9.69 Å². The number of nitrogens with two attached hydrogens (primary N) is 2. The van der Waals surface area contributed by atoms with E-state index in [0.29, 0.717) is 22.2 Å². The number of rotatable bonds is 3. The highest BCUT2D eigenvalue weighted by atomic mass is 35.5. The molecule has 30 heavy (non-hydrogen) atoms. The van der Waals surface area contributed by atoms with Crippen LogP contribution < -0.4 is 21.7 Å². The molecule has 8 heteroatoms. The SMILES string of the molecule is Cc1ccc(Cl)cc1NC(=O)c1cccc(N2C(N)=NC(N)=NC23CCCCC3)c1. The van der Waals surface area contributed by atoms with Gasteiger partial charge in [-0.2, -0.15) is 4.99 Å². The Morgan fingerprint density at radius 2 is 1.90 bits per heavy atom. The number of amides is 1. The van der Waals surface area contributed by atoms with E-state index in [1.54, 1.807) is 18.2 Å². The van der Waals surface area contributed by atoms with Gasteiger partial charge in [-0.15, -0.1) is 0 Å². The first-order valence-corrected chi connectivity index (χ1v) is 10.4. The molecule has 1 aliphatic heterocycles. The van der Waals surface area contributed by atoms with E-state index >= 15 is 0 Å². The van der Waals surface area contributed by atoms with Gasteiger partial charge in [0.05, 0.1) is 0 Å². The van der Waals surface area contributed by atoms with Gasteiger partial charge in [-0.05, 0) is 68.5 Å². The molecule has 0 aromatic heterocycles. The highest BCUT2D eigenvalue weighted by Gasteiger charge is 2.42. The van der Waals surface area contributed by atoms with E-state index in [-0.39, 0.29) is 11.9 Å². The minimum Gasteiger partial charge on any atom is -0.369 e. The molecule has 7 nitrogen and oxygen atoms in total. The lowest BCUT2D eigenvalue weighted by Crippen LogP contribution is -2.58. The van der Waals surface area contributed by atoms with Gasteiger partial charge in [-0.1, -0.05) is 30.2 Å². The van der Waals surface area contributed by atoms with Crippen molar-refractivity contribution in [2.45, 2.75) is 44.7 Å². The second-order valence-electron chi connectivity index (χ2n) is 7.78. The van der Waals surface area contributed by atoms with Gasteiger partial charge < -0.3 is 16.8 Å². The number of nitrogens with zero attached hydrogens (tertiary/aromatic N) is 3. The van der Waals surface area contributed by atoms with Gasteiger partial charge in [0.15, 0.2) is 0 Å². The van der Waals surface area contributed by atoms with Crippen molar-refractivity contribution in [1.82, 2.24) is 0 Å². The number of carbonyl (C=O) groups excluding carboxylic acids is 1. The topological polar surface area (TPSA) is 109 Å². The molecule has 5 N–H and O–H groups in total. The average Bonchev–Trinajstić information content (AvgIpc) is 2.71. The van der Waals surface area contributed by atoms with Crippen LogP contribution in [0.5, 0.6) is 0 Å². The van der Waals surface area contributed by atoms with Gasteiger partial charge in [0.1, 0.15) is 5.66 Å². The number of aliphatic imine (C=N–C) groups is 2. The number of carbonyl (C=O) groups is 1. The highest BCUT2D eigenvalue weighted by Crippen LogP contribution is 2.39. The third kappa shape index (κ3) is 3.85. The first-order chi connectivity index (χ1) is 14.4. The summed E-state index contributed by atoms with van der Waals surface area (Å²) in [5.74, 6) is 0.277. The number of anilines is 2. The van der Waals surface area contributed by atoms with Crippen LogP contribution in [0.25, 0.3) is 0 Å². The first kappa shape index (κ1) is 20.2. The van der Waals surface area contributed by atoms with Gasteiger partial charge in [0, 0.05) is 22.0 Å². The summed E-state index contributed by atoms with van der Waals surface area (Å²) < 4.78 is 0. The zero-order valence-electron chi connectivity index (χ0n) is 16.9. The molecular formula is C22H25ClN6O. The van der Waals surface area contributed by atoms with Crippen LogP contribution in [0.15, 0.2) is 52.4 Å². The molecule has 1 aliphatic carbocycles. The van der Waals surface area contributed by atoms with E-state index in [0.717, 1.165) is 43.4 Å². The predicted octanol–water partition coefficient (Wildman–Crippen LogP) is 4.01. The van der Waals surface area contributed by atoms with Crippen LogP contribution in [0.2, 0.25) is 5.02 Å². The fourth-order valence-corrected chi connectivity index (χ4v) is 4.38. The molecule has 0 saturated heterocycles. The molecule has 2 aromatic carbocycles. The Hall–Kier alpha value is -3.06. The zero-order chi connectivity index (χ0) is 21.3. The zero-order valence-corrected chi connectivity index (χ0v) is 17.6. The maximum absolute atomic E-state index is 12.9. The molecule has 1 spiro atoms. The van der Waals surface area contributed by atoms with Crippen molar-refractivity contribution in [2.75, 3.05) is 10.2 Å². The van der Waals surface area contributed by atoms with Crippen LogP contribution in [0.1, 0.15) is 48.0 Å². The van der Waals surface area contributed by atoms with E-state index in [2.05, 4.69) is 15.3 Å². The fraction of sp³-hybridized carbons (Fsp3) is 0.318. The standard InChI is InChI=1S/C22H25ClN6O/c1-14-8-9-16(23)13-18(14)26-19(30)15-6-5-7-17(12-15)29-21(25)27-20(24)28-22(29)10-3-2-4-11-22/h5-9,12-13H,2-4,10-11H2,1H3,(H,26,30)(H4,24,25,27,28). The lowest BCUT2D eigenvalue weighted by atomic mass is 9.87. The summed E-state index contributed by atoms with van der Waals surface area (Å²) >= 11 is 6.08. The summed E-state index contributed by atoms with van der Waals surface area (Å²) in [5, 5.41) is 3.50. The van der Waals surface area contributed by atoms with Crippen LogP contribution in [-0.4, -0.2) is 23.5 Å². The minimum absolute atomic E-state index is 0.205. The van der Waals surface area contributed by atoms with Crippen LogP contribution >= 0.6 is 11.6 Å². The number of halogens is 1. The molecular weight excluding hydrogens is 400 g/mol. The van der Waals surface area contributed by atoms with Gasteiger partial charge in [-0.25, -0.2) is 4.99 Å². The van der Waals surface area contributed by atoms with Crippen molar-refractivity contribution in [3.05, 3.63) is 58.6 Å². The molecule has 0 radical (unpaired) electrons. The maximum Gasteiger partial charge on any atom is 0.255 e. The molecule has 1 saturated carbocycles. The lowest BCUT2D eigenvalue weighted by Gasteiger charge is -2.45. The van der Waals surface area contributed by atoms with Crippen molar-refractivity contribution >= 4 is 40.8 Å².